The lowest BCUT2D eigenvalue weighted by molar-refractivity contribution is 0.137. The van der Waals surface area contributed by atoms with Crippen molar-refractivity contribution in [3.05, 3.63) is 35.4 Å². The molecule has 0 radical (unpaired) electrons. The highest BCUT2D eigenvalue weighted by molar-refractivity contribution is 8.00. The van der Waals surface area contributed by atoms with Crippen molar-refractivity contribution in [1.82, 2.24) is 5.32 Å². The van der Waals surface area contributed by atoms with Gasteiger partial charge in [0.25, 0.3) is 0 Å². The Morgan fingerprint density at radius 3 is 2.74 bits per heavy atom. The Morgan fingerprint density at radius 2 is 2.05 bits per heavy atom. The molecule has 0 aliphatic heterocycles. The van der Waals surface area contributed by atoms with Crippen LogP contribution in [0.2, 0.25) is 0 Å². The normalized spacial score (nSPS) is 24.3. The molecule has 0 spiro atoms. The highest BCUT2D eigenvalue weighted by Gasteiger charge is 2.31. The van der Waals surface area contributed by atoms with Crippen LogP contribution in [0.4, 0.5) is 0 Å². The molecule has 0 heterocycles. The molecule has 0 aromatic heterocycles. The van der Waals surface area contributed by atoms with Crippen molar-refractivity contribution in [2.75, 3.05) is 5.75 Å². The van der Waals surface area contributed by atoms with E-state index in [1.54, 1.807) is 0 Å². The summed E-state index contributed by atoms with van der Waals surface area (Å²) in [6, 6.07) is 8.84. The lowest BCUT2D eigenvalue weighted by Crippen LogP contribution is -2.37. The fourth-order valence-electron chi connectivity index (χ4n) is 2.50. The molecule has 1 aliphatic rings. The molecule has 1 unspecified atom stereocenters. The smallest absolute Gasteiger partial charge is 0.0775 e. The van der Waals surface area contributed by atoms with E-state index in [4.69, 9.17) is 0 Å². The molecule has 3 heteroatoms. The summed E-state index contributed by atoms with van der Waals surface area (Å²) < 4.78 is 0.294. The summed E-state index contributed by atoms with van der Waals surface area (Å²) in [7, 11) is 0. The van der Waals surface area contributed by atoms with E-state index in [2.05, 4.69) is 51.2 Å². The Morgan fingerprint density at radius 1 is 1.37 bits per heavy atom. The summed E-state index contributed by atoms with van der Waals surface area (Å²) in [6.07, 6.45) is 0.479. The van der Waals surface area contributed by atoms with Crippen molar-refractivity contribution in [3.63, 3.8) is 0 Å². The van der Waals surface area contributed by atoms with Gasteiger partial charge in [-0.1, -0.05) is 45.0 Å². The van der Waals surface area contributed by atoms with E-state index in [9.17, 15) is 5.11 Å². The number of aliphatic hydroxyl groups is 1. The van der Waals surface area contributed by atoms with Gasteiger partial charge in [-0.2, -0.15) is 11.8 Å². The molecule has 1 aliphatic carbocycles. The topological polar surface area (TPSA) is 32.3 Å². The van der Waals surface area contributed by atoms with Crippen LogP contribution < -0.4 is 5.32 Å². The second kappa shape index (κ2) is 5.86. The maximum Gasteiger partial charge on any atom is 0.0775 e. The Balaban J connectivity index is 1.96. The quantitative estimate of drug-likeness (QED) is 0.888. The largest absolute Gasteiger partial charge is 0.391 e. The molecular weight excluding hydrogens is 254 g/mol. The molecule has 3 atom stereocenters. The fraction of sp³-hybridized carbons (Fsp3) is 0.625. The third kappa shape index (κ3) is 3.98. The predicted octanol–water partition coefficient (Wildman–Crippen LogP) is 3.15. The second-order valence-corrected chi connectivity index (χ2v) is 8.29. The summed E-state index contributed by atoms with van der Waals surface area (Å²) in [5.41, 5.74) is 2.55. The van der Waals surface area contributed by atoms with Crippen LogP contribution in [-0.2, 0) is 6.42 Å². The van der Waals surface area contributed by atoms with E-state index in [1.165, 1.54) is 11.1 Å². The first-order chi connectivity index (χ1) is 8.87. The molecule has 2 nitrogen and oxygen atoms in total. The van der Waals surface area contributed by atoms with E-state index in [0.717, 1.165) is 12.2 Å². The maximum atomic E-state index is 10.2. The Kier molecular flexibility index (Phi) is 4.59. The average molecular weight is 279 g/mol. The second-order valence-electron chi connectivity index (χ2n) is 6.44. The van der Waals surface area contributed by atoms with Crippen LogP contribution in [0.3, 0.4) is 0 Å². The Hall–Kier alpha value is -0.510. The zero-order valence-corrected chi connectivity index (χ0v) is 13.1. The van der Waals surface area contributed by atoms with Crippen LogP contribution in [0.1, 0.15) is 44.9 Å². The van der Waals surface area contributed by atoms with Gasteiger partial charge in [0.2, 0.25) is 0 Å². The number of hydrogen-bond acceptors (Lipinski definition) is 3. The van der Waals surface area contributed by atoms with E-state index in [1.807, 2.05) is 17.8 Å². The summed E-state index contributed by atoms with van der Waals surface area (Å²) >= 11 is 1.96. The Labute approximate surface area is 121 Å². The first kappa shape index (κ1) is 14.9. The zero-order chi connectivity index (χ0) is 14.0. The van der Waals surface area contributed by atoms with Gasteiger partial charge in [0.05, 0.1) is 12.1 Å². The molecule has 0 saturated carbocycles. The molecule has 2 N–H and O–H groups in total. The minimum absolute atomic E-state index is 0.0896. The van der Waals surface area contributed by atoms with Crippen LogP contribution in [0.15, 0.2) is 24.3 Å². The molecule has 2 rings (SSSR count). The van der Waals surface area contributed by atoms with E-state index < -0.39 is 0 Å². The maximum absolute atomic E-state index is 10.2. The van der Waals surface area contributed by atoms with Gasteiger partial charge < -0.3 is 10.4 Å². The monoisotopic (exact) mass is 279 g/mol. The van der Waals surface area contributed by atoms with Gasteiger partial charge in [0, 0.05) is 23.0 Å². The number of hydrogen-bond donors (Lipinski definition) is 2. The molecular formula is C16H25NOS. The first-order valence-corrected chi connectivity index (χ1v) is 8.01. The summed E-state index contributed by atoms with van der Waals surface area (Å²) in [5.74, 6) is 1.06. The molecule has 1 aromatic rings. The van der Waals surface area contributed by atoms with E-state index in [0.29, 0.717) is 10.8 Å². The van der Waals surface area contributed by atoms with Gasteiger partial charge in [-0.3, -0.25) is 0 Å². The summed E-state index contributed by atoms with van der Waals surface area (Å²) in [6.45, 7) is 8.92. The van der Waals surface area contributed by atoms with Crippen LogP contribution in [-0.4, -0.2) is 27.8 Å². The van der Waals surface area contributed by atoms with Crippen LogP contribution in [0, 0.1) is 0 Å². The summed E-state index contributed by atoms with van der Waals surface area (Å²) in [5, 5.41) is 13.8. The summed E-state index contributed by atoms with van der Waals surface area (Å²) in [4.78, 5) is 0. The van der Waals surface area contributed by atoms with Crippen molar-refractivity contribution >= 4 is 11.8 Å². The van der Waals surface area contributed by atoms with Gasteiger partial charge in [-0.25, -0.2) is 0 Å². The van der Waals surface area contributed by atoms with Crippen molar-refractivity contribution < 1.29 is 5.11 Å². The average Bonchev–Trinajstić information content (AvgIpc) is 2.63. The third-order valence-corrected chi connectivity index (χ3v) is 4.97. The lowest BCUT2D eigenvalue weighted by atomic mass is 10.1. The number of fused-ring (bicyclic) bond motifs is 1. The zero-order valence-electron chi connectivity index (χ0n) is 12.3. The minimum atomic E-state index is -0.292. The van der Waals surface area contributed by atoms with Gasteiger partial charge in [0.15, 0.2) is 0 Å². The number of aliphatic hydroxyl groups excluding tert-OH is 1. The first-order valence-electron chi connectivity index (χ1n) is 7.03. The van der Waals surface area contributed by atoms with E-state index in [-0.39, 0.29) is 12.1 Å². The standard InChI is InChI=1S/C16H25NOS/c1-11(10-19-16(2,3)4)17-15-13-8-6-5-7-12(13)9-14(15)18/h5-8,11,14-15,17-18H,9-10H2,1-4H3/t11?,14-,15+/m0/s1. The highest BCUT2D eigenvalue weighted by Crippen LogP contribution is 2.32. The predicted molar refractivity (Wildman–Crippen MR) is 83.7 cm³/mol. The van der Waals surface area contributed by atoms with Crippen molar-refractivity contribution in [1.29, 1.82) is 0 Å². The van der Waals surface area contributed by atoms with Crippen LogP contribution >= 0.6 is 11.8 Å². The van der Waals surface area contributed by atoms with Crippen molar-refractivity contribution in [2.24, 2.45) is 0 Å². The molecule has 0 amide bonds. The molecule has 0 saturated heterocycles. The fourth-order valence-corrected chi connectivity index (χ4v) is 3.35. The lowest BCUT2D eigenvalue weighted by Gasteiger charge is -2.26. The number of benzene rings is 1. The van der Waals surface area contributed by atoms with E-state index >= 15 is 0 Å². The molecule has 19 heavy (non-hydrogen) atoms. The minimum Gasteiger partial charge on any atom is -0.391 e. The molecule has 0 bridgehead atoms. The number of rotatable bonds is 4. The third-order valence-electron chi connectivity index (χ3n) is 3.43. The molecule has 106 valence electrons. The van der Waals surface area contributed by atoms with Crippen LogP contribution in [0.5, 0.6) is 0 Å². The molecule has 0 fully saturated rings. The van der Waals surface area contributed by atoms with Gasteiger partial charge in [0.1, 0.15) is 0 Å². The SMILES string of the molecule is CC(CSC(C)(C)C)N[C@@H]1c2ccccc2C[C@@H]1O. The van der Waals surface area contributed by atoms with Gasteiger partial charge >= 0.3 is 0 Å². The molecule has 1 aromatic carbocycles. The van der Waals surface area contributed by atoms with Crippen LogP contribution in [0.25, 0.3) is 0 Å². The van der Waals surface area contributed by atoms with Gasteiger partial charge in [-0.15, -0.1) is 0 Å². The Bertz CT molecular complexity index is 427. The highest BCUT2D eigenvalue weighted by atomic mass is 32.2. The van der Waals surface area contributed by atoms with Crippen molar-refractivity contribution in [2.45, 2.75) is 57.1 Å². The number of nitrogens with one attached hydrogen (secondary N) is 1. The number of thioether (sulfide) groups is 1. The van der Waals surface area contributed by atoms with Crippen molar-refractivity contribution in [3.8, 4) is 0 Å². The van der Waals surface area contributed by atoms with Gasteiger partial charge in [-0.05, 0) is 18.1 Å².